The Kier molecular flexibility index (Phi) is 9.10. The van der Waals surface area contributed by atoms with Gasteiger partial charge in [0.05, 0.1) is 23.1 Å². The Labute approximate surface area is 215 Å². The van der Waals surface area contributed by atoms with E-state index >= 15 is 0 Å². The van der Waals surface area contributed by atoms with Crippen LogP contribution in [0.5, 0.6) is 0 Å². The van der Waals surface area contributed by atoms with Crippen LogP contribution in [0.3, 0.4) is 0 Å². The van der Waals surface area contributed by atoms with E-state index in [2.05, 4.69) is 52.1 Å². The van der Waals surface area contributed by atoms with Gasteiger partial charge in [0.2, 0.25) is 10.9 Å². The summed E-state index contributed by atoms with van der Waals surface area (Å²) in [5.74, 6) is 1.03. The summed E-state index contributed by atoms with van der Waals surface area (Å²) in [5.41, 5.74) is 4.69. The molecule has 0 aliphatic carbocycles. The van der Waals surface area contributed by atoms with E-state index in [1.165, 1.54) is 11.7 Å². The van der Waals surface area contributed by atoms with Crippen LogP contribution in [0.4, 0.5) is 0 Å². The van der Waals surface area contributed by atoms with Gasteiger partial charge in [-0.05, 0) is 46.3 Å². The summed E-state index contributed by atoms with van der Waals surface area (Å²) in [5, 5.41) is 0. The van der Waals surface area contributed by atoms with Gasteiger partial charge in [0.1, 0.15) is 11.4 Å². The van der Waals surface area contributed by atoms with Crippen LogP contribution in [-0.4, -0.2) is 22.0 Å². The van der Waals surface area contributed by atoms with Crippen LogP contribution in [0.15, 0.2) is 9.59 Å². The number of hydrogen-bond acceptors (Lipinski definition) is 8. The lowest BCUT2D eigenvalue weighted by Crippen LogP contribution is -2.41. The summed E-state index contributed by atoms with van der Waals surface area (Å²) in [4.78, 5) is 24.1. The minimum atomic E-state index is -1.48. The van der Waals surface area contributed by atoms with Crippen molar-refractivity contribution in [3.8, 4) is 0 Å². The van der Waals surface area contributed by atoms with E-state index in [1.54, 1.807) is 0 Å². The molecule has 0 bridgehead atoms. The highest BCUT2D eigenvalue weighted by molar-refractivity contribution is 7.13. The highest BCUT2D eigenvalue weighted by Crippen LogP contribution is 2.36. The zero-order valence-electron chi connectivity index (χ0n) is 22.1. The fraction of sp³-hybridized carbons (Fsp3) is 0.692. The van der Waals surface area contributed by atoms with Gasteiger partial charge in [0.15, 0.2) is 11.1 Å². The molecule has 1 aromatic carbocycles. The molecule has 0 spiro atoms. The summed E-state index contributed by atoms with van der Waals surface area (Å²) in [6, 6.07) is 0. The third kappa shape index (κ3) is 5.94. The van der Waals surface area contributed by atoms with Crippen LogP contribution >= 0.6 is 22.9 Å². The molecule has 5 atom stereocenters. The van der Waals surface area contributed by atoms with E-state index in [1.807, 2.05) is 20.8 Å². The van der Waals surface area contributed by atoms with Crippen LogP contribution in [0.2, 0.25) is 0 Å². The molecule has 5 unspecified atom stereocenters. The Balaban J connectivity index is 1.61. The lowest BCUT2D eigenvalue weighted by molar-refractivity contribution is 0.530. The Morgan fingerprint density at radius 2 is 1.06 bits per heavy atom. The summed E-state index contributed by atoms with van der Waals surface area (Å²) in [6.07, 6.45) is 3.56. The van der Waals surface area contributed by atoms with Crippen LogP contribution in [0, 0.1) is 0 Å². The SMILES string of the molecule is CC(C)c1n[s+]([O-])nc1C(C)CCC(C)c1nsnc1C(C)CCC(C)c1c(C(C)C)c(=O)c1=O. The molecule has 35 heavy (non-hydrogen) atoms. The minimum absolute atomic E-state index is 0.0722. The normalized spacial score (nSPS) is 16.3. The van der Waals surface area contributed by atoms with Gasteiger partial charge >= 0.3 is 0 Å². The van der Waals surface area contributed by atoms with Crippen LogP contribution in [-0.2, 0) is 0 Å². The van der Waals surface area contributed by atoms with Crippen LogP contribution < -0.4 is 10.9 Å². The maximum Gasteiger partial charge on any atom is 0.229 e. The third-order valence-electron chi connectivity index (χ3n) is 7.22. The van der Waals surface area contributed by atoms with Gasteiger partial charge in [-0.1, -0.05) is 55.4 Å². The first-order valence-electron chi connectivity index (χ1n) is 12.7. The first-order valence-corrected chi connectivity index (χ1v) is 14.5. The lowest BCUT2D eigenvalue weighted by Gasteiger charge is -2.21. The van der Waals surface area contributed by atoms with Gasteiger partial charge < -0.3 is 4.55 Å². The molecule has 9 heteroatoms. The second-order valence-electron chi connectivity index (χ2n) is 10.8. The fourth-order valence-corrected chi connectivity index (χ4v) is 6.68. The van der Waals surface area contributed by atoms with E-state index in [-0.39, 0.29) is 46.4 Å². The van der Waals surface area contributed by atoms with Gasteiger partial charge in [-0.25, -0.2) is 0 Å². The maximum atomic E-state index is 12.2. The molecule has 0 aliphatic rings. The van der Waals surface area contributed by atoms with Gasteiger partial charge in [-0.15, -0.1) is 0 Å². The van der Waals surface area contributed by atoms with Crippen molar-refractivity contribution in [1.82, 2.24) is 17.5 Å². The van der Waals surface area contributed by atoms with Gasteiger partial charge in [0.25, 0.3) is 0 Å². The number of nitrogens with zero attached hydrogens (tertiary/aromatic N) is 4. The van der Waals surface area contributed by atoms with Crippen molar-refractivity contribution in [2.45, 2.75) is 117 Å². The summed E-state index contributed by atoms with van der Waals surface area (Å²) < 4.78 is 29.6. The second kappa shape index (κ2) is 11.5. The highest BCUT2D eigenvalue weighted by atomic mass is 32.2. The zero-order valence-corrected chi connectivity index (χ0v) is 23.8. The molecule has 0 amide bonds. The highest BCUT2D eigenvalue weighted by Gasteiger charge is 2.29. The largest absolute Gasteiger partial charge is 0.546 e. The Morgan fingerprint density at radius 3 is 1.54 bits per heavy atom. The molecule has 0 fully saturated rings. The maximum absolute atomic E-state index is 12.2. The standard InChI is InChI=1S/C26H38N4O3S2/c1-13(2)19-20(26(32)25(19)31)15(5)9-10-16(6)22-23(28-34-27-22)17(7)11-12-18(8)24-21(14(3)4)29-35(33)30-24/h13-18H,9-12H2,1-8H3. The molecule has 2 aromatic heterocycles. The lowest BCUT2D eigenvalue weighted by atomic mass is 9.81. The minimum Gasteiger partial charge on any atom is -0.546 e. The molecule has 0 radical (unpaired) electrons. The quantitative estimate of drug-likeness (QED) is 0.205. The van der Waals surface area contributed by atoms with E-state index in [0.29, 0.717) is 0 Å². The first-order chi connectivity index (χ1) is 16.4. The average molecular weight is 519 g/mol. The second-order valence-corrected chi connectivity index (χ2v) is 12.1. The summed E-state index contributed by atoms with van der Waals surface area (Å²) >= 11 is -0.224. The predicted octanol–water partition coefficient (Wildman–Crippen LogP) is 6.27. The van der Waals surface area contributed by atoms with E-state index < -0.39 is 11.1 Å². The van der Waals surface area contributed by atoms with Gasteiger partial charge in [-0.3, -0.25) is 9.59 Å². The van der Waals surface area contributed by atoms with Crippen molar-refractivity contribution in [2.75, 3.05) is 0 Å². The van der Waals surface area contributed by atoms with Crippen molar-refractivity contribution in [3.63, 3.8) is 0 Å². The van der Waals surface area contributed by atoms with Crippen LogP contribution in [0.1, 0.15) is 150 Å². The van der Waals surface area contributed by atoms with Gasteiger partial charge in [-0.2, -0.15) is 8.75 Å². The van der Waals surface area contributed by atoms with E-state index in [4.69, 9.17) is 0 Å². The Hall–Kier alpha value is -1.84. The van der Waals surface area contributed by atoms with Crippen molar-refractivity contribution in [2.24, 2.45) is 0 Å². The fourth-order valence-electron chi connectivity index (χ4n) is 4.96. The smallest absolute Gasteiger partial charge is 0.229 e. The Bertz CT molecular complexity index is 1210. The van der Waals surface area contributed by atoms with Crippen molar-refractivity contribution in [3.05, 3.63) is 54.3 Å². The summed E-state index contributed by atoms with van der Waals surface area (Å²) in [6.45, 7) is 16.6. The number of hydrogen-bond donors (Lipinski definition) is 0. The van der Waals surface area contributed by atoms with Crippen LogP contribution in [0.25, 0.3) is 0 Å². The topological polar surface area (TPSA) is 109 Å². The molecule has 192 valence electrons. The van der Waals surface area contributed by atoms with Crippen molar-refractivity contribution < 1.29 is 4.55 Å². The first kappa shape index (κ1) is 27.7. The zero-order chi connectivity index (χ0) is 26.0. The molecule has 3 rings (SSSR count). The molecule has 0 saturated heterocycles. The number of rotatable bonds is 12. The molecular formula is C26H38N4O3S2. The van der Waals surface area contributed by atoms with Crippen molar-refractivity contribution >= 4 is 22.9 Å². The molecular weight excluding hydrogens is 480 g/mol. The van der Waals surface area contributed by atoms with E-state index in [9.17, 15) is 14.1 Å². The summed E-state index contributed by atoms with van der Waals surface area (Å²) in [7, 11) is 0. The molecule has 0 saturated carbocycles. The predicted molar refractivity (Wildman–Crippen MR) is 142 cm³/mol. The molecule has 2 heterocycles. The molecule has 7 nitrogen and oxygen atoms in total. The Morgan fingerprint density at radius 1 is 0.629 bits per heavy atom. The van der Waals surface area contributed by atoms with Crippen molar-refractivity contribution in [1.29, 1.82) is 0 Å². The third-order valence-corrected chi connectivity index (χ3v) is 8.49. The van der Waals surface area contributed by atoms with E-state index in [0.717, 1.165) is 59.6 Å². The monoisotopic (exact) mass is 518 g/mol. The average Bonchev–Trinajstić information content (AvgIpc) is 3.45. The molecule has 3 aromatic rings. The molecule has 0 N–H and O–H groups in total. The molecule has 0 aliphatic heterocycles. The number of aromatic nitrogens is 4. The van der Waals surface area contributed by atoms with Gasteiger partial charge in [0, 0.05) is 34.8 Å².